The van der Waals surface area contributed by atoms with E-state index < -0.39 is 167 Å². The third-order valence-electron chi connectivity index (χ3n) is 12.1. The number of fused-ring (bicyclic) bond motifs is 4. The molecule has 5 aromatic rings. The summed E-state index contributed by atoms with van der Waals surface area (Å²) in [5, 5.41) is 29.2. The molecule has 3 aromatic heterocycles. The lowest BCUT2D eigenvalue weighted by molar-refractivity contribution is -0.150. The van der Waals surface area contributed by atoms with Crippen molar-refractivity contribution in [2.24, 2.45) is 5.92 Å². The molecule has 0 spiro atoms. The topological polar surface area (TPSA) is 253 Å². The lowest BCUT2D eigenvalue weighted by atomic mass is 9.81. The minimum absolute atomic E-state index is 0.134. The molecule has 400 valence electrons. The number of alkyl halides is 8. The van der Waals surface area contributed by atoms with Gasteiger partial charge in [0, 0.05) is 40.3 Å². The smallest absolute Gasteiger partial charge is 0.435 e. The van der Waals surface area contributed by atoms with Crippen molar-refractivity contribution in [2.75, 3.05) is 16.8 Å². The summed E-state index contributed by atoms with van der Waals surface area (Å²) in [6.45, 7) is 0.148. The average Bonchev–Trinajstić information content (AvgIpc) is 3.82. The maximum Gasteiger partial charge on any atom is 0.435 e. The van der Waals surface area contributed by atoms with Gasteiger partial charge in [-0.05, 0) is 68.5 Å². The Hall–Kier alpha value is -7.55. The number of carboxylic acids is 2. The van der Waals surface area contributed by atoms with Crippen LogP contribution >= 0.6 is 0 Å². The number of amides is 3. The van der Waals surface area contributed by atoms with Crippen LogP contribution in [-0.4, -0.2) is 105 Å². The number of aryl methyl sites for hydroxylation is 1. The van der Waals surface area contributed by atoms with Gasteiger partial charge >= 0.3 is 30.3 Å². The van der Waals surface area contributed by atoms with Crippen LogP contribution in [0.4, 0.5) is 54.5 Å². The van der Waals surface area contributed by atoms with E-state index in [0.29, 0.717) is 12.3 Å². The molecule has 18 nitrogen and oxygen atoms in total. The molecular weight excluding hydrogens is 1070 g/mol. The number of pyridine rings is 1. The molecule has 3 atom stereocenters. The van der Waals surface area contributed by atoms with E-state index in [1.807, 2.05) is 0 Å². The fourth-order valence-corrected chi connectivity index (χ4v) is 9.43. The SMILES string of the molecule is Cc1ccc(-c2ccc(C#CC(C)(C)S(C)(=O)=O)nc2[C@H](Cc2cc(F)cc(F)c2)NC(=O)Cn2nc(C(F)(F)F)c3c2C(F)(F)[C@@H]2C=C[C@H]32)c2c1c(N(C(=O)NC(C(=O)O)C(=O)O)S(C)(=O)=O)nn2CC(F)(F)F. The zero-order valence-corrected chi connectivity index (χ0v) is 40.7. The number of nitrogens with one attached hydrogen (secondary N) is 2. The normalized spacial score (nSPS) is 16.6. The van der Waals surface area contributed by atoms with Crippen LogP contribution in [0.25, 0.3) is 22.0 Å². The Kier molecular flexibility index (Phi) is 14.0. The van der Waals surface area contributed by atoms with Crippen LogP contribution in [0.3, 0.4) is 0 Å². The Labute approximate surface area is 417 Å². The minimum atomic E-state index is -5.30. The van der Waals surface area contributed by atoms with Crippen LogP contribution in [0, 0.1) is 36.3 Å². The molecule has 2 aliphatic rings. The number of hydrogen-bond donors (Lipinski definition) is 4. The lowest BCUT2D eigenvalue weighted by Gasteiger charge is -2.27. The third-order valence-corrected chi connectivity index (χ3v) is 15.0. The number of urea groups is 1. The highest BCUT2D eigenvalue weighted by Gasteiger charge is 2.61. The molecule has 3 amide bonds. The van der Waals surface area contributed by atoms with Crippen molar-refractivity contribution in [3.63, 3.8) is 0 Å². The summed E-state index contributed by atoms with van der Waals surface area (Å²) in [5.41, 5.74) is -6.71. The zero-order chi connectivity index (χ0) is 55.9. The maximum absolute atomic E-state index is 15.8. The van der Waals surface area contributed by atoms with Crippen LogP contribution in [0.15, 0.2) is 54.6 Å². The molecule has 0 saturated carbocycles. The number of hydrogen-bond acceptors (Lipinski definition) is 11. The second kappa shape index (κ2) is 19.0. The number of sulfone groups is 1. The molecule has 3 heterocycles. The number of carbonyl (C=O) groups excluding carboxylic acids is 2. The molecule has 0 saturated heterocycles. The molecule has 0 fully saturated rings. The van der Waals surface area contributed by atoms with Gasteiger partial charge < -0.3 is 20.8 Å². The van der Waals surface area contributed by atoms with Crippen LogP contribution in [0.5, 0.6) is 0 Å². The Morgan fingerprint density at radius 1 is 0.867 bits per heavy atom. The number of nitrogens with zero attached hydrogens (tertiary/aromatic N) is 6. The monoisotopic (exact) mass is 1100 g/mol. The van der Waals surface area contributed by atoms with Gasteiger partial charge in [-0.1, -0.05) is 30.2 Å². The Morgan fingerprint density at radius 2 is 1.48 bits per heavy atom. The average molecular weight is 1100 g/mol. The van der Waals surface area contributed by atoms with Gasteiger partial charge in [0.15, 0.2) is 21.3 Å². The number of rotatable bonds is 14. The number of aliphatic carboxylic acids is 2. The van der Waals surface area contributed by atoms with E-state index in [9.17, 15) is 81.4 Å². The summed E-state index contributed by atoms with van der Waals surface area (Å²) >= 11 is 0. The van der Waals surface area contributed by atoms with Gasteiger partial charge in [0.25, 0.3) is 5.92 Å². The number of benzene rings is 2. The fourth-order valence-electron chi connectivity index (χ4n) is 8.40. The van der Waals surface area contributed by atoms with E-state index in [1.165, 1.54) is 26.1 Å². The van der Waals surface area contributed by atoms with Crippen LogP contribution in [-0.2, 0) is 65.9 Å². The molecule has 7 rings (SSSR count). The summed E-state index contributed by atoms with van der Waals surface area (Å²) < 4.78 is 198. The molecule has 0 bridgehead atoms. The van der Waals surface area contributed by atoms with E-state index in [2.05, 4.69) is 32.3 Å². The molecule has 0 radical (unpaired) electrons. The van der Waals surface area contributed by atoms with Crippen molar-refractivity contribution in [3.05, 3.63) is 106 Å². The van der Waals surface area contributed by atoms with Crippen molar-refractivity contribution in [2.45, 2.75) is 81.3 Å². The summed E-state index contributed by atoms with van der Waals surface area (Å²) in [4.78, 5) is 55.7. The van der Waals surface area contributed by atoms with Crippen molar-refractivity contribution < 1.29 is 90.1 Å². The molecule has 0 aliphatic heterocycles. The first-order valence-electron chi connectivity index (χ1n) is 21.5. The maximum atomic E-state index is 15.8. The summed E-state index contributed by atoms with van der Waals surface area (Å²) in [6.07, 6.45) is -8.03. The van der Waals surface area contributed by atoms with Gasteiger partial charge in [-0.15, -0.1) is 0 Å². The van der Waals surface area contributed by atoms with Crippen LogP contribution in [0.1, 0.15) is 65.3 Å². The van der Waals surface area contributed by atoms with E-state index in [1.54, 1.807) is 0 Å². The van der Waals surface area contributed by atoms with Gasteiger partial charge in [0.1, 0.15) is 40.9 Å². The number of allylic oxidation sites excluding steroid dienone is 2. The standard InChI is InChI=1S/C45H38F10N8O10S2/c1-20-6-8-26(35-31(20)38(60-62(35)19-43(48,49)50)63(75(5,72)73)41(69)58-34(39(65)66)40(67)68)25-9-7-24(12-13-42(2,3)74(4,70)71)56-33(25)29(16-21-14-22(46)17-23(47)15-21)57-30(64)18-61-37-32(36(59-61)45(53,54)55)27-10-11-28(27)44(37,51)52/h6-11,14-15,17,27-29,34H,16,18-19H2,1-5H3,(H,57,64)(H,58,69)(H,65,66)(H,67,68)/t27-,28+,29-/m0/s1. The highest BCUT2D eigenvalue weighted by Crippen LogP contribution is 2.60. The molecular formula is C45H38F10N8O10S2. The predicted octanol–water partition coefficient (Wildman–Crippen LogP) is 6.13. The van der Waals surface area contributed by atoms with Crippen LogP contribution < -0.4 is 14.9 Å². The zero-order valence-electron chi connectivity index (χ0n) is 39.1. The third kappa shape index (κ3) is 10.9. The number of halogens is 10. The van der Waals surface area contributed by atoms with Gasteiger partial charge in [-0.3, -0.25) is 14.2 Å². The number of aromatic nitrogens is 5. The molecule has 75 heavy (non-hydrogen) atoms. The van der Waals surface area contributed by atoms with Gasteiger partial charge in [0.2, 0.25) is 22.0 Å². The Balaban J connectivity index is 1.50. The van der Waals surface area contributed by atoms with Crippen LogP contribution in [0.2, 0.25) is 0 Å². The Bertz CT molecular complexity index is 3530. The highest BCUT2D eigenvalue weighted by molar-refractivity contribution is 7.93. The second-order valence-corrected chi connectivity index (χ2v) is 22.3. The van der Waals surface area contributed by atoms with E-state index >= 15 is 8.78 Å². The Morgan fingerprint density at radius 3 is 2.01 bits per heavy atom. The number of sulfonamides is 1. The first-order valence-corrected chi connectivity index (χ1v) is 25.2. The second-order valence-electron chi connectivity index (χ2n) is 17.9. The van der Waals surface area contributed by atoms with E-state index in [0.717, 1.165) is 54.8 Å². The van der Waals surface area contributed by atoms with Crippen molar-refractivity contribution in [1.82, 2.24) is 35.2 Å². The summed E-state index contributed by atoms with van der Waals surface area (Å²) in [7, 11) is -9.06. The van der Waals surface area contributed by atoms with Crippen molar-refractivity contribution in [3.8, 4) is 23.0 Å². The lowest BCUT2D eigenvalue weighted by Crippen LogP contribution is -2.53. The predicted molar refractivity (Wildman–Crippen MR) is 242 cm³/mol. The highest BCUT2D eigenvalue weighted by atomic mass is 32.2. The number of carbonyl (C=O) groups is 4. The minimum Gasteiger partial charge on any atom is -0.479 e. The molecule has 2 aromatic carbocycles. The first kappa shape index (κ1) is 55.2. The molecule has 30 heteroatoms. The first-order chi connectivity index (χ1) is 34.4. The van der Waals surface area contributed by atoms with Gasteiger partial charge in [-0.25, -0.2) is 45.0 Å². The molecule has 2 aliphatic carbocycles. The van der Waals surface area contributed by atoms with Gasteiger partial charge in [-0.2, -0.15) is 49.6 Å². The van der Waals surface area contributed by atoms with Crippen molar-refractivity contribution in [1.29, 1.82) is 0 Å². The van der Waals surface area contributed by atoms with E-state index in [-0.39, 0.29) is 36.1 Å². The molecule has 0 unspecified atom stereocenters. The van der Waals surface area contributed by atoms with E-state index in [4.69, 9.17) is 0 Å². The molecule has 4 N–H and O–H groups in total. The quantitative estimate of drug-likeness (QED) is 0.0424. The number of anilines is 1. The van der Waals surface area contributed by atoms with Gasteiger partial charge in [0.05, 0.1) is 29.4 Å². The van der Waals surface area contributed by atoms with Crippen molar-refractivity contribution >= 4 is 60.5 Å². The summed E-state index contributed by atoms with van der Waals surface area (Å²) in [6, 6.07) is -0.297. The summed E-state index contributed by atoms with van der Waals surface area (Å²) in [5.74, 6) is -11.4. The number of carboxylic acid groups (broad SMARTS) is 2. The fraction of sp³-hybridized carbons (Fsp3) is 0.356. The largest absolute Gasteiger partial charge is 0.479 e.